The zero-order valence-electron chi connectivity index (χ0n) is 15.0. The number of hydrogen-bond donors (Lipinski definition) is 2. The molecule has 0 aliphatic carbocycles. The summed E-state index contributed by atoms with van der Waals surface area (Å²) in [6.45, 7) is 1.72. The third-order valence-electron chi connectivity index (χ3n) is 3.78. The van der Waals surface area contributed by atoms with Crippen LogP contribution >= 0.6 is 0 Å². The minimum absolute atomic E-state index is 0.0340. The quantitative estimate of drug-likeness (QED) is 0.593. The normalized spacial score (nSPS) is 12.0. The highest BCUT2D eigenvalue weighted by molar-refractivity contribution is 5.99. The van der Waals surface area contributed by atoms with Crippen LogP contribution < -0.4 is 10.6 Å². The van der Waals surface area contributed by atoms with Crippen molar-refractivity contribution in [3.05, 3.63) is 59.9 Å². The number of anilines is 2. The summed E-state index contributed by atoms with van der Waals surface area (Å²) in [5, 5.41) is 4.18. The predicted octanol–water partition coefficient (Wildman–Crippen LogP) is 4.65. The van der Waals surface area contributed by atoms with E-state index in [1.807, 2.05) is 5.32 Å². The van der Waals surface area contributed by atoms with Crippen molar-refractivity contribution < 1.29 is 31.1 Å². The molecule has 2 aromatic heterocycles. The van der Waals surface area contributed by atoms with Crippen molar-refractivity contribution in [3.8, 4) is 5.95 Å². The Morgan fingerprint density at radius 1 is 0.867 bits per heavy atom. The average molecular weight is 430 g/mol. The van der Waals surface area contributed by atoms with E-state index in [9.17, 15) is 31.1 Å². The van der Waals surface area contributed by atoms with E-state index in [-0.39, 0.29) is 17.7 Å². The maximum atomic E-state index is 12.9. The Hall–Kier alpha value is -3.64. The number of imidazole rings is 1. The van der Waals surface area contributed by atoms with Crippen molar-refractivity contribution in [2.45, 2.75) is 19.3 Å². The molecule has 0 aliphatic rings. The maximum Gasteiger partial charge on any atom is 0.416 e. The molecule has 0 spiro atoms. The van der Waals surface area contributed by atoms with E-state index in [0.29, 0.717) is 18.0 Å². The van der Waals surface area contributed by atoms with E-state index in [2.05, 4.69) is 20.3 Å². The van der Waals surface area contributed by atoms with E-state index in [1.54, 1.807) is 17.7 Å². The number of nitrogens with one attached hydrogen (secondary N) is 2. The number of halogens is 6. The summed E-state index contributed by atoms with van der Waals surface area (Å²) in [5.74, 6) is 0.863. The molecule has 158 valence electrons. The molecule has 2 amide bonds. The van der Waals surface area contributed by atoms with Crippen molar-refractivity contribution in [2.75, 3.05) is 10.6 Å². The van der Waals surface area contributed by atoms with Crippen LogP contribution in [-0.2, 0) is 12.4 Å². The van der Waals surface area contributed by atoms with Gasteiger partial charge < -0.3 is 10.6 Å². The molecule has 0 atom stereocenters. The summed E-state index contributed by atoms with van der Waals surface area (Å²) in [4.78, 5) is 24.0. The lowest BCUT2D eigenvalue weighted by Crippen LogP contribution is -2.21. The molecule has 0 fully saturated rings. The minimum atomic E-state index is -5.02. The van der Waals surface area contributed by atoms with Gasteiger partial charge >= 0.3 is 18.4 Å². The molecule has 0 saturated carbocycles. The lowest BCUT2D eigenvalue weighted by atomic mass is 10.1. The number of hydrogen-bond acceptors (Lipinski definition) is 4. The number of rotatable bonds is 3. The Labute approximate surface area is 164 Å². The molecular weight excluding hydrogens is 418 g/mol. The summed E-state index contributed by atoms with van der Waals surface area (Å²) in [6, 6.07) is -0.308. The van der Waals surface area contributed by atoms with Crippen LogP contribution in [0.4, 0.5) is 42.5 Å². The smallest absolute Gasteiger partial charge is 0.308 e. The fraction of sp³-hybridized carbons (Fsp3) is 0.176. The SMILES string of the molecule is Cc1nccn1-c1ncc(NC(=O)Nc2cc(C(F)(F)F)cc(C(F)(F)F)c2)cn1. The first kappa shape index (κ1) is 21.1. The van der Waals surface area contributed by atoms with Gasteiger partial charge in [-0.1, -0.05) is 0 Å². The Kier molecular flexibility index (Phi) is 5.37. The van der Waals surface area contributed by atoms with E-state index >= 15 is 0 Å². The maximum absolute atomic E-state index is 12.9. The molecule has 0 unspecified atom stereocenters. The van der Waals surface area contributed by atoms with Crippen LogP contribution in [0.25, 0.3) is 5.95 Å². The van der Waals surface area contributed by atoms with Gasteiger partial charge in [0.15, 0.2) is 0 Å². The molecule has 1 aromatic carbocycles. The zero-order valence-corrected chi connectivity index (χ0v) is 15.0. The molecule has 0 radical (unpaired) electrons. The molecule has 30 heavy (non-hydrogen) atoms. The highest BCUT2D eigenvalue weighted by atomic mass is 19.4. The van der Waals surface area contributed by atoms with Gasteiger partial charge in [0.25, 0.3) is 0 Å². The number of benzene rings is 1. The molecule has 0 saturated heterocycles. The van der Waals surface area contributed by atoms with Crippen LogP contribution in [0, 0.1) is 6.92 Å². The highest BCUT2D eigenvalue weighted by Gasteiger charge is 2.37. The van der Waals surface area contributed by atoms with E-state index in [0.717, 1.165) is 0 Å². The number of urea groups is 1. The van der Waals surface area contributed by atoms with Crippen molar-refractivity contribution in [1.82, 2.24) is 19.5 Å². The number of carbonyl (C=O) groups is 1. The van der Waals surface area contributed by atoms with Crippen molar-refractivity contribution in [2.24, 2.45) is 0 Å². The number of amides is 2. The molecule has 13 heteroatoms. The molecule has 0 aliphatic heterocycles. The number of aromatic nitrogens is 4. The Balaban J connectivity index is 1.76. The Morgan fingerprint density at radius 2 is 1.40 bits per heavy atom. The Bertz CT molecular complexity index is 1030. The molecule has 0 bridgehead atoms. The summed E-state index contributed by atoms with van der Waals surface area (Å²) >= 11 is 0. The van der Waals surface area contributed by atoms with Gasteiger partial charge in [-0.15, -0.1) is 0 Å². The van der Waals surface area contributed by atoms with Crippen molar-refractivity contribution in [1.29, 1.82) is 0 Å². The van der Waals surface area contributed by atoms with Crippen LogP contribution in [0.3, 0.4) is 0 Å². The van der Waals surface area contributed by atoms with E-state index in [4.69, 9.17) is 0 Å². The number of aryl methyl sites for hydroxylation is 1. The summed E-state index contributed by atoms with van der Waals surface area (Å²) in [5.41, 5.74) is -3.70. The second-order valence-corrected chi connectivity index (χ2v) is 5.99. The minimum Gasteiger partial charge on any atom is -0.308 e. The van der Waals surface area contributed by atoms with Gasteiger partial charge in [0.05, 0.1) is 29.2 Å². The van der Waals surface area contributed by atoms with E-state index in [1.165, 1.54) is 18.6 Å². The Morgan fingerprint density at radius 3 is 1.87 bits per heavy atom. The monoisotopic (exact) mass is 430 g/mol. The first-order valence-corrected chi connectivity index (χ1v) is 8.13. The van der Waals surface area contributed by atoms with Crippen molar-refractivity contribution >= 4 is 17.4 Å². The van der Waals surface area contributed by atoms with Gasteiger partial charge in [0, 0.05) is 18.1 Å². The van der Waals surface area contributed by atoms with Crippen LogP contribution in [0.2, 0.25) is 0 Å². The topological polar surface area (TPSA) is 84.7 Å². The van der Waals surface area contributed by atoms with Gasteiger partial charge in [0.2, 0.25) is 5.95 Å². The summed E-state index contributed by atoms with van der Waals surface area (Å²) in [7, 11) is 0. The van der Waals surface area contributed by atoms with Gasteiger partial charge in [-0.3, -0.25) is 4.57 Å². The lowest BCUT2D eigenvalue weighted by Gasteiger charge is -2.15. The number of nitrogens with zero attached hydrogens (tertiary/aromatic N) is 4. The predicted molar refractivity (Wildman–Crippen MR) is 93.0 cm³/mol. The second kappa shape index (κ2) is 7.65. The molecule has 2 N–H and O–H groups in total. The molecule has 2 heterocycles. The second-order valence-electron chi connectivity index (χ2n) is 5.99. The summed E-state index contributed by atoms with van der Waals surface area (Å²) in [6.07, 6.45) is -4.48. The average Bonchev–Trinajstić information content (AvgIpc) is 3.06. The standard InChI is InChI=1S/C17H12F6N6O/c1-9-24-2-3-29(9)14-25-7-13(8-26-14)28-15(30)27-12-5-10(16(18,19)20)4-11(6-12)17(21,22)23/h2-8H,1H3,(H2,27,28,30). The largest absolute Gasteiger partial charge is 0.416 e. The third-order valence-corrected chi connectivity index (χ3v) is 3.78. The van der Waals surface area contributed by atoms with Crippen LogP contribution in [0.1, 0.15) is 17.0 Å². The molecule has 3 rings (SSSR count). The van der Waals surface area contributed by atoms with Gasteiger partial charge in [0.1, 0.15) is 5.82 Å². The number of carbonyl (C=O) groups excluding carboxylic acids is 1. The number of alkyl halides is 6. The van der Waals surface area contributed by atoms with E-state index < -0.39 is 35.2 Å². The molecule has 3 aromatic rings. The molecular formula is C17H12F6N6O. The first-order chi connectivity index (χ1) is 13.9. The van der Waals surface area contributed by atoms with Crippen LogP contribution in [0.15, 0.2) is 43.0 Å². The van der Waals surface area contributed by atoms with Crippen LogP contribution in [0.5, 0.6) is 0 Å². The zero-order chi connectivity index (χ0) is 22.1. The molecule has 7 nitrogen and oxygen atoms in total. The van der Waals surface area contributed by atoms with Crippen molar-refractivity contribution in [3.63, 3.8) is 0 Å². The van der Waals surface area contributed by atoms with Gasteiger partial charge in [-0.2, -0.15) is 26.3 Å². The lowest BCUT2D eigenvalue weighted by molar-refractivity contribution is -0.143. The highest BCUT2D eigenvalue weighted by Crippen LogP contribution is 2.37. The third kappa shape index (κ3) is 4.85. The van der Waals surface area contributed by atoms with Crippen LogP contribution in [-0.4, -0.2) is 25.6 Å². The first-order valence-electron chi connectivity index (χ1n) is 8.13. The van der Waals surface area contributed by atoms with Gasteiger partial charge in [-0.25, -0.2) is 19.7 Å². The fourth-order valence-electron chi connectivity index (χ4n) is 2.42. The van der Waals surface area contributed by atoms with Gasteiger partial charge in [-0.05, 0) is 25.1 Å². The summed E-state index contributed by atoms with van der Waals surface area (Å²) < 4.78 is 78.9. The fourth-order valence-corrected chi connectivity index (χ4v) is 2.42.